The quantitative estimate of drug-likeness (QED) is 0.777. The number of nitrogens with zero attached hydrogens (tertiary/aromatic N) is 4. The molecule has 1 amide bonds. The van der Waals surface area contributed by atoms with Crippen LogP contribution >= 0.6 is 11.6 Å². The first-order valence-electron chi connectivity index (χ1n) is 7.20. The number of amides is 1. The van der Waals surface area contributed by atoms with Gasteiger partial charge >= 0.3 is 0 Å². The average Bonchev–Trinajstić information content (AvgIpc) is 2.51. The maximum absolute atomic E-state index is 12.7. The van der Waals surface area contributed by atoms with Crippen molar-refractivity contribution in [3.8, 4) is 0 Å². The number of likely N-dealkylation sites (N-methyl/N-ethyl adjacent to an activating group) is 1. The number of ether oxygens (including phenoxy) is 1. The number of carbonyl (C=O) groups excluding carboxylic acids is 1. The molecular weight excluding hydrogens is 292 g/mol. The summed E-state index contributed by atoms with van der Waals surface area (Å²) < 4.78 is 5.42. The van der Waals surface area contributed by atoms with Crippen molar-refractivity contribution in [2.45, 2.75) is 38.3 Å². The smallest absolute Gasteiger partial charge is 0.249 e. The molecule has 0 N–H and O–H groups in total. The maximum Gasteiger partial charge on any atom is 0.249 e. The van der Waals surface area contributed by atoms with Gasteiger partial charge in [-0.25, -0.2) is 4.98 Å². The summed E-state index contributed by atoms with van der Waals surface area (Å²) in [7, 11) is 3.48. The number of hydrogen-bond acceptors (Lipinski definition) is 5. The van der Waals surface area contributed by atoms with E-state index < -0.39 is 0 Å². The standard InChI is InChI=1S/C14H19ClN4O2/c1-4-9-11-12(17-14(15)16-9)19-6-5-8(21-3)7-10(19)13(20)18(11)2/h8,10H,4-7H2,1-3H3. The van der Waals surface area contributed by atoms with Gasteiger partial charge in [0.2, 0.25) is 11.2 Å². The van der Waals surface area contributed by atoms with E-state index in [1.165, 1.54) is 0 Å². The molecule has 2 unspecified atom stereocenters. The van der Waals surface area contributed by atoms with E-state index in [1.807, 2.05) is 6.92 Å². The number of aryl methyl sites for hydroxylation is 1. The highest BCUT2D eigenvalue weighted by Crippen LogP contribution is 2.40. The number of aromatic nitrogens is 2. The summed E-state index contributed by atoms with van der Waals surface area (Å²) in [5.74, 6) is 0.846. The molecule has 0 aromatic carbocycles. The third-order valence-electron chi connectivity index (χ3n) is 4.36. The number of carbonyl (C=O) groups is 1. The van der Waals surface area contributed by atoms with Crippen molar-refractivity contribution in [2.75, 3.05) is 30.5 Å². The van der Waals surface area contributed by atoms with Crippen LogP contribution in [0.15, 0.2) is 0 Å². The molecule has 0 aliphatic carbocycles. The van der Waals surface area contributed by atoms with E-state index in [9.17, 15) is 4.79 Å². The maximum atomic E-state index is 12.7. The Kier molecular flexibility index (Phi) is 3.75. The zero-order chi connectivity index (χ0) is 15.1. The van der Waals surface area contributed by atoms with Gasteiger partial charge in [0.25, 0.3) is 0 Å². The van der Waals surface area contributed by atoms with Crippen LogP contribution in [0, 0.1) is 0 Å². The van der Waals surface area contributed by atoms with Gasteiger partial charge in [0.1, 0.15) is 11.7 Å². The molecule has 0 radical (unpaired) electrons. The van der Waals surface area contributed by atoms with Crippen LogP contribution in [0.25, 0.3) is 0 Å². The molecule has 1 fully saturated rings. The Morgan fingerprint density at radius 2 is 2.19 bits per heavy atom. The minimum absolute atomic E-state index is 0.0740. The van der Waals surface area contributed by atoms with Crippen molar-refractivity contribution in [3.05, 3.63) is 11.0 Å². The SMILES string of the molecule is CCc1nc(Cl)nc2c1N(C)C(=O)C1CC(OC)CCN21. The fourth-order valence-corrected chi connectivity index (χ4v) is 3.40. The topological polar surface area (TPSA) is 58.6 Å². The Morgan fingerprint density at radius 3 is 2.86 bits per heavy atom. The highest BCUT2D eigenvalue weighted by atomic mass is 35.5. The van der Waals surface area contributed by atoms with Crippen LogP contribution in [-0.4, -0.2) is 48.7 Å². The lowest BCUT2D eigenvalue weighted by Crippen LogP contribution is -2.57. The first kappa shape index (κ1) is 14.5. The van der Waals surface area contributed by atoms with Crippen LogP contribution in [0.5, 0.6) is 0 Å². The second-order valence-electron chi connectivity index (χ2n) is 5.45. The summed E-state index contributed by atoms with van der Waals surface area (Å²) in [4.78, 5) is 25.1. The number of piperidine rings is 1. The van der Waals surface area contributed by atoms with Gasteiger partial charge in [-0.3, -0.25) is 4.79 Å². The Labute approximate surface area is 129 Å². The van der Waals surface area contributed by atoms with E-state index in [0.717, 1.165) is 30.2 Å². The molecule has 2 aliphatic heterocycles. The lowest BCUT2D eigenvalue weighted by molar-refractivity contribution is -0.121. The van der Waals surface area contributed by atoms with Gasteiger partial charge in [-0.05, 0) is 24.4 Å². The Morgan fingerprint density at radius 1 is 1.43 bits per heavy atom. The second kappa shape index (κ2) is 5.42. The van der Waals surface area contributed by atoms with E-state index in [2.05, 4.69) is 14.9 Å². The normalized spacial score (nSPS) is 24.9. The predicted molar refractivity (Wildman–Crippen MR) is 81.0 cm³/mol. The Balaban J connectivity index is 2.09. The minimum atomic E-state index is -0.225. The van der Waals surface area contributed by atoms with Crippen molar-refractivity contribution in [1.29, 1.82) is 0 Å². The van der Waals surface area contributed by atoms with Gasteiger partial charge in [-0.2, -0.15) is 4.98 Å². The monoisotopic (exact) mass is 310 g/mol. The van der Waals surface area contributed by atoms with Gasteiger partial charge in [0.15, 0.2) is 5.82 Å². The summed E-state index contributed by atoms with van der Waals surface area (Å²) in [5, 5.41) is 0.237. The molecule has 2 aliphatic rings. The molecule has 114 valence electrons. The van der Waals surface area contributed by atoms with Gasteiger partial charge in [-0.15, -0.1) is 0 Å². The fraction of sp³-hybridized carbons (Fsp3) is 0.643. The highest BCUT2D eigenvalue weighted by Gasteiger charge is 2.42. The number of hydrogen-bond donors (Lipinski definition) is 0. The van der Waals surface area contributed by atoms with Crippen molar-refractivity contribution < 1.29 is 9.53 Å². The van der Waals surface area contributed by atoms with E-state index >= 15 is 0 Å². The van der Waals surface area contributed by atoms with Gasteiger partial charge in [-0.1, -0.05) is 6.92 Å². The molecule has 0 bridgehead atoms. The summed E-state index contributed by atoms with van der Waals surface area (Å²) in [5.41, 5.74) is 1.60. The van der Waals surface area contributed by atoms with Crippen LogP contribution in [0.2, 0.25) is 5.28 Å². The number of anilines is 2. The van der Waals surface area contributed by atoms with Crippen LogP contribution in [-0.2, 0) is 16.0 Å². The van der Waals surface area contributed by atoms with E-state index in [4.69, 9.17) is 16.3 Å². The van der Waals surface area contributed by atoms with Crippen LogP contribution in [0.4, 0.5) is 11.5 Å². The predicted octanol–water partition coefficient (Wildman–Crippen LogP) is 1.65. The zero-order valence-electron chi connectivity index (χ0n) is 12.5. The van der Waals surface area contributed by atoms with E-state index in [-0.39, 0.29) is 23.3 Å². The highest BCUT2D eigenvalue weighted by molar-refractivity contribution is 6.28. The number of rotatable bonds is 2. The molecule has 1 saturated heterocycles. The summed E-state index contributed by atoms with van der Waals surface area (Å²) in [6.07, 6.45) is 2.39. The third-order valence-corrected chi connectivity index (χ3v) is 4.53. The first-order valence-corrected chi connectivity index (χ1v) is 7.58. The summed E-state index contributed by atoms with van der Waals surface area (Å²) >= 11 is 6.05. The van der Waals surface area contributed by atoms with Crippen molar-refractivity contribution >= 4 is 29.0 Å². The largest absolute Gasteiger partial charge is 0.381 e. The number of methoxy groups -OCH3 is 1. The Hall–Kier alpha value is -1.40. The lowest BCUT2D eigenvalue weighted by Gasteiger charge is -2.45. The molecule has 6 nitrogen and oxygen atoms in total. The average molecular weight is 311 g/mol. The zero-order valence-corrected chi connectivity index (χ0v) is 13.2. The fourth-order valence-electron chi connectivity index (χ4n) is 3.22. The van der Waals surface area contributed by atoms with E-state index in [1.54, 1.807) is 19.1 Å². The second-order valence-corrected chi connectivity index (χ2v) is 5.79. The van der Waals surface area contributed by atoms with Gasteiger partial charge < -0.3 is 14.5 Å². The molecular formula is C14H19ClN4O2. The number of halogens is 1. The van der Waals surface area contributed by atoms with Gasteiger partial charge in [0.05, 0.1) is 11.8 Å². The molecule has 3 rings (SSSR count). The number of fused-ring (bicyclic) bond motifs is 3. The van der Waals surface area contributed by atoms with Crippen LogP contribution < -0.4 is 9.80 Å². The van der Waals surface area contributed by atoms with E-state index in [0.29, 0.717) is 12.8 Å². The Bertz CT molecular complexity index is 580. The molecule has 7 heteroatoms. The van der Waals surface area contributed by atoms with Gasteiger partial charge in [0, 0.05) is 27.1 Å². The van der Waals surface area contributed by atoms with Crippen molar-refractivity contribution in [2.24, 2.45) is 0 Å². The molecule has 3 heterocycles. The summed E-state index contributed by atoms with van der Waals surface area (Å²) in [6.45, 7) is 2.74. The molecule has 2 atom stereocenters. The van der Waals surface area contributed by atoms with Crippen molar-refractivity contribution in [1.82, 2.24) is 9.97 Å². The molecule has 0 saturated carbocycles. The summed E-state index contributed by atoms with van der Waals surface area (Å²) in [6, 6.07) is -0.225. The first-order chi connectivity index (χ1) is 10.1. The molecule has 0 spiro atoms. The molecule has 1 aromatic rings. The molecule has 21 heavy (non-hydrogen) atoms. The lowest BCUT2D eigenvalue weighted by atomic mass is 9.95. The molecule has 1 aromatic heterocycles. The van der Waals surface area contributed by atoms with Crippen LogP contribution in [0.3, 0.4) is 0 Å². The minimum Gasteiger partial charge on any atom is -0.381 e. The third kappa shape index (κ3) is 2.26. The van der Waals surface area contributed by atoms with Crippen molar-refractivity contribution in [3.63, 3.8) is 0 Å². The van der Waals surface area contributed by atoms with Crippen LogP contribution in [0.1, 0.15) is 25.5 Å².